The molecule has 1 fully saturated rings. The highest BCUT2D eigenvalue weighted by Gasteiger charge is 2.26. The maximum atomic E-state index is 12.6. The molecule has 0 aliphatic carbocycles. The van der Waals surface area contributed by atoms with E-state index in [1.54, 1.807) is 7.11 Å². The number of methoxy groups -OCH3 is 1. The van der Waals surface area contributed by atoms with E-state index in [2.05, 4.69) is 38.7 Å². The summed E-state index contributed by atoms with van der Waals surface area (Å²) in [4.78, 5) is 26.8. The van der Waals surface area contributed by atoms with Gasteiger partial charge in [0.2, 0.25) is 5.91 Å². The molecule has 0 bridgehead atoms. The summed E-state index contributed by atoms with van der Waals surface area (Å²) >= 11 is 6.26. The van der Waals surface area contributed by atoms with Crippen LogP contribution < -0.4 is 4.90 Å². The molecule has 33 heavy (non-hydrogen) atoms. The average molecular weight is 473 g/mol. The first-order chi connectivity index (χ1) is 15.8. The van der Waals surface area contributed by atoms with Crippen molar-refractivity contribution < 1.29 is 9.53 Å². The predicted octanol–water partition coefficient (Wildman–Crippen LogP) is 4.76. The van der Waals surface area contributed by atoms with Gasteiger partial charge in [-0.2, -0.15) is 0 Å². The summed E-state index contributed by atoms with van der Waals surface area (Å²) in [6, 6.07) is 7.93. The van der Waals surface area contributed by atoms with Gasteiger partial charge in [-0.05, 0) is 29.5 Å². The van der Waals surface area contributed by atoms with Crippen molar-refractivity contribution in [3.63, 3.8) is 0 Å². The molecule has 0 radical (unpaired) electrons. The highest BCUT2D eigenvalue weighted by atomic mass is 35.5. The molecule has 1 aliphatic heterocycles. The zero-order valence-corrected chi connectivity index (χ0v) is 21.4. The molecule has 180 valence electrons. The minimum Gasteiger partial charge on any atom is -0.378 e. The summed E-state index contributed by atoms with van der Waals surface area (Å²) in [5.41, 5.74) is 3.12. The lowest BCUT2D eigenvalue weighted by molar-refractivity contribution is -0.132. The van der Waals surface area contributed by atoms with Crippen molar-refractivity contribution in [3.8, 4) is 0 Å². The Morgan fingerprint density at radius 3 is 2.42 bits per heavy atom. The van der Waals surface area contributed by atoms with E-state index in [9.17, 15) is 4.79 Å². The first kappa shape index (κ1) is 25.4. The molecule has 2 aromatic rings. The third-order valence-electron chi connectivity index (χ3n) is 5.77. The number of hydrogen-bond donors (Lipinski definition) is 0. The second kappa shape index (κ2) is 11.8. The van der Waals surface area contributed by atoms with Crippen LogP contribution in [-0.4, -0.2) is 54.1 Å². The minimum atomic E-state index is 0.243. The fourth-order valence-corrected chi connectivity index (χ4v) is 4.43. The van der Waals surface area contributed by atoms with E-state index < -0.39 is 0 Å². The van der Waals surface area contributed by atoms with Gasteiger partial charge in [0.1, 0.15) is 11.6 Å². The molecule has 1 aromatic heterocycles. The van der Waals surface area contributed by atoms with Gasteiger partial charge in [0.25, 0.3) is 0 Å². The molecule has 2 heterocycles. The molecule has 7 heteroatoms. The van der Waals surface area contributed by atoms with Gasteiger partial charge >= 0.3 is 0 Å². The van der Waals surface area contributed by atoms with Gasteiger partial charge in [-0.25, -0.2) is 9.97 Å². The highest BCUT2D eigenvalue weighted by Crippen LogP contribution is 2.28. The lowest BCUT2D eigenvalue weighted by atomic mass is 10.0. The van der Waals surface area contributed by atoms with E-state index in [1.165, 1.54) is 0 Å². The van der Waals surface area contributed by atoms with Gasteiger partial charge in [-0.15, -0.1) is 0 Å². The standard InChI is InChI=1S/C26H37ClN4O2/c1-18(2)13-24-28-23(17-33-5)22(16-20-7-6-8-21(27)15-20)26(29-24)31-11-9-30(10-12-31)25(32)14-19(3)4/h6-8,15,18-19H,9-14,16-17H2,1-5H3. The quantitative estimate of drug-likeness (QED) is 0.526. The number of rotatable bonds is 9. The number of benzene rings is 1. The number of carbonyl (C=O) groups excluding carboxylic acids is 1. The number of ether oxygens (including phenoxy) is 1. The molecule has 1 amide bonds. The van der Waals surface area contributed by atoms with Gasteiger partial charge in [-0.1, -0.05) is 51.4 Å². The number of carbonyl (C=O) groups is 1. The number of hydrogen-bond acceptors (Lipinski definition) is 5. The van der Waals surface area contributed by atoms with E-state index in [0.717, 1.165) is 53.0 Å². The third kappa shape index (κ3) is 7.15. The third-order valence-corrected chi connectivity index (χ3v) is 6.01. The summed E-state index contributed by atoms with van der Waals surface area (Å²) in [6.07, 6.45) is 2.10. The Morgan fingerprint density at radius 1 is 1.09 bits per heavy atom. The summed E-state index contributed by atoms with van der Waals surface area (Å²) < 4.78 is 5.53. The molecule has 0 spiro atoms. The topological polar surface area (TPSA) is 58.6 Å². The molecule has 0 atom stereocenters. The Morgan fingerprint density at radius 2 is 1.82 bits per heavy atom. The van der Waals surface area contributed by atoms with Crippen LogP contribution in [0.25, 0.3) is 0 Å². The Bertz CT molecular complexity index is 940. The molecule has 1 aromatic carbocycles. The van der Waals surface area contributed by atoms with Crippen molar-refractivity contribution >= 4 is 23.3 Å². The zero-order chi connectivity index (χ0) is 24.0. The van der Waals surface area contributed by atoms with E-state index in [0.29, 0.717) is 44.4 Å². The molecule has 1 aliphatic rings. The molecule has 6 nitrogen and oxygen atoms in total. The van der Waals surface area contributed by atoms with Crippen LogP contribution in [0, 0.1) is 11.8 Å². The van der Waals surface area contributed by atoms with Crippen LogP contribution in [-0.2, 0) is 29.0 Å². The van der Waals surface area contributed by atoms with Gasteiger partial charge in [0.05, 0.1) is 12.3 Å². The predicted molar refractivity (Wildman–Crippen MR) is 134 cm³/mol. The molecule has 0 N–H and O–H groups in total. The van der Waals surface area contributed by atoms with Crippen molar-refractivity contribution in [2.24, 2.45) is 11.8 Å². The number of aromatic nitrogens is 2. The second-order valence-corrected chi connectivity index (χ2v) is 10.1. The normalized spacial score (nSPS) is 14.4. The Kier molecular flexibility index (Phi) is 9.10. The molecular formula is C26H37ClN4O2. The van der Waals surface area contributed by atoms with Crippen molar-refractivity contribution in [3.05, 3.63) is 51.9 Å². The van der Waals surface area contributed by atoms with E-state index in [1.807, 2.05) is 23.1 Å². The van der Waals surface area contributed by atoms with Crippen LogP contribution in [0.1, 0.15) is 56.8 Å². The number of nitrogens with zero attached hydrogens (tertiary/aromatic N) is 4. The van der Waals surface area contributed by atoms with E-state index in [-0.39, 0.29) is 5.91 Å². The number of piperazine rings is 1. The summed E-state index contributed by atoms with van der Waals surface area (Å²) in [5, 5.41) is 0.719. The molecule has 0 saturated carbocycles. The van der Waals surface area contributed by atoms with E-state index >= 15 is 0 Å². The number of amides is 1. The second-order valence-electron chi connectivity index (χ2n) is 9.69. The fourth-order valence-electron chi connectivity index (χ4n) is 4.22. The molecule has 1 saturated heterocycles. The summed E-state index contributed by atoms with van der Waals surface area (Å²) in [5.74, 6) is 2.88. The van der Waals surface area contributed by atoms with Crippen molar-refractivity contribution in [2.75, 3.05) is 38.2 Å². The van der Waals surface area contributed by atoms with Gasteiger partial charge in [-0.3, -0.25) is 4.79 Å². The summed E-state index contributed by atoms with van der Waals surface area (Å²) in [7, 11) is 1.70. The maximum absolute atomic E-state index is 12.6. The molecule has 3 rings (SSSR count). The van der Waals surface area contributed by atoms with Crippen molar-refractivity contribution in [1.29, 1.82) is 0 Å². The van der Waals surface area contributed by atoms with Crippen LogP contribution in [0.5, 0.6) is 0 Å². The molecule has 0 unspecified atom stereocenters. The van der Waals surface area contributed by atoms with Gasteiger partial charge < -0.3 is 14.5 Å². The first-order valence-corrected chi connectivity index (χ1v) is 12.3. The van der Waals surface area contributed by atoms with Crippen LogP contribution in [0.4, 0.5) is 5.82 Å². The lowest BCUT2D eigenvalue weighted by Gasteiger charge is -2.37. The summed E-state index contributed by atoms with van der Waals surface area (Å²) in [6.45, 7) is 11.9. The van der Waals surface area contributed by atoms with Crippen LogP contribution in [0.3, 0.4) is 0 Å². The number of halogens is 1. The molecular weight excluding hydrogens is 436 g/mol. The van der Waals surface area contributed by atoms with E-state index in [4.69, 9.17) is 26.3 Å². The van der Waals surface area contributed by atoms with Gasteiger partial charge in [0.15, 0.2) is 0 Å². The van der Waals surface area contributed by atoms with Crippen molar-refractivity contribution in [2.45, 2.75) is 53.6 Å². The Hall–Kier alpha value is -2.18. The fraction of sp³-hybridized carbons (Fsp3) is 0.577. The maximum Gasteiger partial charge on any atom is 0.222 e. The first-order valence-electron chi connectivity index (χ1n) is 11.9. The van der Waals surface area contributed by atoms with Crippen LogP contribution in [0.2, 0.25) is 5.02 Å². The SMILES string of the molecule is COCc1nc(CC(C)C)nc(N2CCN(C(=O)CC(C)C)CC2)c1Cc1cccc(Cl)c1. The highest BCUT2D eigenvalue weighted by molar-refractivity contribution is 6.30. The van der Waals surface area contributed by atoms with Crippen LogP contribution >= 0.6 is 11.6 Å². The minimum absolute atomic E-state index is 0.243. The number of anilines is 1. The van der Waals surface area contributed by atoms with Crippen LogP contribution in [0.15, 0.2) is 24.3 Å². The lowest BCUT2D eigenvalue weighted by Crippen LogP contribution is -2.49. The van der Waals surface area contributed by atoms with Gasteiger partial charge in [0, 0.05) is 63.1 Å². The Balaban J connectivity index is 1.93. The average Bonchev–Trinajstić information content (AvgIpc) is 2.75. The zero-order valence-electron chi connectivity index (χ0n) is 20.6. The Labute approximate surface area is 203 Å². The smallest absolute Gasteiger partial charge is 0.222 e. The monoisotopic (exact) mass is 472 g/mol. The van der Waals surface area contributed by atoms with Crippen molar-refractivity contribution in [1.82, 2.24) is 14.9 Å². The largest absolute Gasteiger partial charge is 0.378 e.